The molecule has 7 nitrogen and oxygen atoms in total. The van der Waals surface area contributed by atoms with Crippen molar-refractivity contribution in [2.24, 2.45) is 5.92 Å². The molecule has 0 radical (unpaired) electrons. The van der Waals surface area contributed by atoms with Gasteiger partial charge in [0.2, 0.25) is 11.8 Å². The van der Waals surface area contributed by atoms with E-state index in [0.29, 0.717) is 30.5 Å². The number of aryl methyl sites for hydroxylation is 1. The van der Waals surface area contributed by atoms with Gasteiger partial charge in [-0.2, -0.15) is 5.10 Å². The van der Waals surface area contributed by atoms with Crippen LogP contribution in [0, 0.1) is 5.92 Å². The van der Waals surface area contributed by atoms with Crippen molar-refractivity contribution in [2.45, 2.75) is 44.7 Å². The topological polar surface area (TPSA) is 79.3 Å². The molecule has 25 heavy (non-hydrogen) atoms. The highest BCUT2D eigenvalue weighted by atomic mass is 35.5. The average molecular weight is 368 g/mol. The van der Waals surface area contributed by atoms with E-state index in [0.717, 1.165) is 45.3 Å². The predicted molar refractivity (Wildman–Crippen MR) is 95.2 cm³/mol. The molecule has 2 amide bonds. The molecule has 0 saturated carbocycles. The lowest BCUT2D eigenvalue weighted by Crippen LogP contribution is -2.46. The van der Waals surface area contributed by atoms with Gasteiger partial charge in [0.05, 0.1) is 17.3 Å². The normalized spacial score (nSPS) is 23.6. The van der Waals surface area contributed by atoms with Crippen LogP contribution in [0.15, 0.2) is 12.4 Å². The number of nitrogens with zero attached hydrogens (tertiary/aromatic N) is 3. The number of piperidine rings is 1. The Kier molecular flexibility index (Phi) is 6.31. The molecule has 3 rings (SSSR count). The van der Waals surface area contributed by atoms with Gasteiger partial charge in [0, 0.05) is 38.8 Å². The molecule has 0 bridgehead atoms. The fourth-order valence-electron chi connectivity index (χ4n) is 3.56. The lowest BCUT2D eigenvalue weighted by Gasteiger charge is -2.33. The first-order chi connectivity index (χ1) is 12.1. The molecule has 2 aliphatic heterocycles. The molecule has 138 valence electrons. The fraction of sp³-hybridized carbons (Fsp3) is 0.706. The summed E-state index contributed by atoms with van der Waals surface area (Å²) in [6, 6.07) is -0.0396. The number of nitrogens with one attached hydrogen (secondary N) is 2. The number of rotatable bonds is 6. The van der Waals surface area contributed by atoms with Crippen molar-refractivity contribution in [3.05, 3.63) is 17.4 Å². The van der Waals surface area contributed by atoms with E-state index in [1.54, 1.807) is 17.1 Å². The molecule has 0 aromatic carbocycles. The molecule has 2 unspecified atom stereocenters. The molecule has 1 aromatic heterocycles. The van der Waals surface area contributed by atoms with Crippen molar-refractivity contribution >= 4 is 23.4 Å². The minimum absolute atomic E-state index is 0.0396. The lowest BCUT2D eigenvalue weighted by molar-refractivity contribution is -0.133. The summed E-state index contributed by atoms with van der Waals surface area (Å²) in [6.07, 6.45) is 7.73. The van der Waals surface area contributed by atoms with Gasteiger partial charge in [-0.15, -0.1) is 0 Å². The average Bonchev–Trinajstić information content (AvgIpc) is 3.29. The van der Waals surface area contributed by atoms with E-state index in [2.05, 4.69) is 15.7 Å². The van der Waals surface area contributed by atoms with Gasteiger partial charge in [0.25, 0.3) is 0 Å². The molecule has 8 heteroatoms. The zero-order valence-corrected chi connectivity index (χ0v) is 15.2. The molecule has 2 atom stereocenters. The Hall–Kier alpha value is -1.60. The van der Waals surface area contributed by atoms with Gasteiger partial charge in [0.15, 0.2) is 0 Å². The van der Waals surface area contributed by atoms with Gasteiger partial charge in [-0.25, -0.2) is 0 Å². The highest BCUT2D eigenvalue weighted by molar-refractivity contribution is 6.30. The summed E-state index contributed by atoms with van der Waals surface area (Å²) in [5.41, 5.74) is 0. The highest BCUT2D eigenvalue weighted by Crippen LogP contribution is 2.17. The molecule has 2 aliphatic rings. The van der Waals surface area contributed by atoms with Crippen molar-refractivity contribution in [2.75, 3.05) is 26.2 Å². The van der Waals surface area contributed by atoms with E-state index in [1.807, 2.05) is 4.90 Å². The standard InChI is InChI=1S/C17H26ClN5O2/c18-14-10-21-23(12-14)8-5-16(24)22-7-2-3-13(11-22)9-20-17(25)15-4-1-6-19-15/h10,12-13,15,19H,1-9,11H2,(H,20,25). The quantitative estimate of drug-likeness (QED) is 0.787. The maximum Gasteiger partial charge on any atom is 0.237 e. The molecule has 1 aromatic rings. The second-order valence-corrected chi connectivity index (χ2v) is 7.35. The molecule has 3 heterocycles. The van der Waals surface area contributed by atoms with Gasteiger partial charge < -0.3 is 15.5 Å². The largest absolute Gasteiger partial charge is 0.354 e. The molecular weight excluding hydrogens is 342 g/mol. The molecular formula is C17H26ClN5O2. The van der Waals surface area contributed by atoms with Gasteiger partial charge in [-0.3, -0.25) is 14.3 Å². The third-order valence-electron chi connectivity index (χ3n) is 4.97. The Labute approximate surface area is 153 Å². The molecule has 0 spiro atoms. The second-order valence-electron chi connectivity index (χ2n) is 6.91. The number of carbonyl (C=O) groups excluding carboxylic acids is 2. The van der Waals surface area contributed by atoms with E-state index < -0.39 is 0 Å². The molecule has 2 fully saturated rings. The maximum atomic E-state index is 12.4. The Morgan fingerprint density at radius 3 is 2.96 bits per heavy atom. The third kappa shape index (κ3) is 5.19. The number of hydrogen-bond donors (Lipinski definition) is 2. The number of carbonyl (C=O) groups is 2. The highest BCUT2D eigenvalue weighted by Gasteiger charge is 2.26. The maximum absolute atomic E-state index is 12.4. The van der Waals surface area contributed by atoms with Crippen LogP contribution in [0.25, 0.3) is 0 Å². The predicted octanol–water partition coefficient (Wildman–Crippen LogP) is 1.03. The van der Waals surface area contributed by atoms with Gasteiger partial charge in [0.1, 0.15) is 0 Å². The second kappa shape index (κ2) is 8.67. The fourth-order valence-corrected chi connectivity index (χ4v) is 3.72. The van der Waals surface area contributed by atoms with Crippen LogP contribution in [-0.4, -0.2) is 58.7 Å². The zero-order valence-electron chi connectivity index (χ0n) is 14.4. The Morgan fingerprint density at radius 2 is 2.24 bits per heavy atom. The van der Waals surface area contributed by atoms with Crippen LogP contribution in [-0.2, 0) is 16.1 Å². The molecule has 0 aliphatic carbocycles. The molecule has 2 saturated heterocycles. The smallest absolute Gasteiger partial charge is 0.237 e. The van der Waals surface area contributed by atoms with E-state index >= 15 is 0 Å². The number of amides is 2. The van der Waals surface area contributed by atoms with Crippen LogP contribution in [0.3, 0.4) is 0 Å². The summed E-state index contributed by atoms with van der Waals surface area (Å²) in [4.78, 5) is 26.4. The third-order valence-corrected chi connectivity index (χ3v) is 5.17. The summed E-state index contributed by atoms with van der Waals surface area (Å²) < 4.78 is 1.69. The van der Waals surface area contributed by atoms with Crippen LogP contribution in [0.1, 0.15) is 32.1 Å². The first kappa shape index (κ1) is 18.2. The number of likely N-dealkylation sites (tertiary alicyclic amines) is 1. The SMILES string of the molecule is O=C(NCC1CCCN(C(=O)CCn2cc(Cl)cn2)C1)C1CCCN1. The van der Waals surface area contributed by atoms with Gasteiger partial charge in [-0.05, 0) is 38.1 Å². The Morgan fingerprint density at radius 1 is 1.36 bits per heavy atom. The lowest BCUT2D eigenvalue weighted by atomic mass is 9.97. The summed E-state index contributed by atoms with van der Waals surface area (Å²) in [7, 11) is 0. The van der Waals surface area contributed by atoms with Crippen LogP contribution >= 0.6 is 11.6 Å². The van der Waals surface area contributed by atoms with E-state index in [9.17, 15) is 9.59 Å². The number of hydrogen-bond acceptors (Lipinski definition) is 4. The minimum atomic E-state index is -0.0396. The summed E-state index contributed by atoms with van der Waals surface area (Å²) >= 11 is 5.83. The van der Waals surface area contributed by atoms with E-state index in [1.165, 1.54) is 0 Å². The Balaban J connectivity index is 1.40. The van der Waals surface area contributed by atoms with Crippen molar-refractivity contribution < 1.29 is 9.59 Å². The first-order valence-corrected chi connectivity index (χ1v) is 9.46. The Bertz CT molecular complexity index is 600. The monoisotopic (exact) mass is 367 g/mol. The van der Waals surface area contributed by atoms with Crippen molar-refractivity contribution in [3.63, 3.8) is 0 Å². The van der Waals surface area contributed by atoms with Crippen LogP contribution < -0.4 is 10.6 Å². The number of halogens is 1. The zero-order chi connectivity index (χ0) is 17.6. The van der Waals surface area contributed by atoms with E-state index in [4.69, 9.17) is 11.6 Å². The van der Waals surface area contributed by atoms with Crippen LogP contribution in [0.4, 0.5) is 0 Å². The van der Waals surface area contributed by atoms with Crippen LogP contribution in [0.5, 0.6) is 0 Å². The van der Waals surface area contributed by atoms with E-state index in [-0.39, 0.29) is 17.9 Å². The summed E-state index contributed by atoms with van der Waals surface area (Å²) in [6.45, 7) is 3.63. The van der Waals surface area contributed by atoms with Crippen molar-refractivity contribution in [1.29, 1.82) is 0 Å². The molecule has 2 N–H and O–H groups in total. The van der Waals surface area contributed by atoms with Crippen LogP contribution in [0.2, 0.25) is 5.02 Å². The number of aromatic nitrogens is 2. The van der Waals surface area contributed by atoms with Gasteiger partial charge >= 0.3 is 0 Å². The van der Waals surface area contributed by atoms with Gasteiger partial charge in [-0.1, -0.05) is 11.6 Å². The first-order valence-electron chi connectivity index (χ1n) is 9.08. The summed E-state index contributed by atoms with van der Waals surface area (Å²) in [5, 5.41) is 10.9. The minimum Gasteiger partial charge on any atom is -0.354 e. The van der Waals surface area contributed by atoms with Crippen molar-refractivity contribution in [3.8, 4) is 0 Å². The van der Waals surface area contributed by atoms with Crippen molar-refractivity contribution in [1.82, 2.24) is 25.3 Å². The summed E-state index contributed by atoms with van der Waals surface area (Å²) in [5.74, 6) is 0.568.